The van der Waals surface area contributed by atoms with Gasteiger partial charge in [0.15, 0.2) is 0 Å². The molecule has 0 spiro atoms. The Hall–Kier alpha value is -1.62. The van der Waals surface area contributed by atoms with E-state index in [1.54, 1.807) is 6.07 Å². The van der Waals surface area contributed by atoms with E-state index in [1.165, 1.54) is 19.4 Å². The molecule has 1 aromatic rings. The molecular formula is C10H11ClN2O3. The normalized spacial score (nSPS) is 9.62. The molecule has 0 saturated heterocycles. The van der Waals surface area contributed by atoms with Crippen LogP contribution in [-0.2, 0) is 9.53 Å². The zero-order valence-corrected chi connectivity index (χ0v) is 9.45. The first-order chi connectivity index (χ1) is 7.63. The molecule has 0 bridgehead atoms. The van der Waals surface area contributed by atoms with E-state index in [2.05, 4.69) is 15.0 Å². The standard InChI is InChI=1S/C10H11ClN2O3/c1-16-9(14)4-5-12-10(15)8-3-2-7(11)6-13-8/h2-3,6H,4-5H2,1H3,(H,12,15). The quantitative estimate of drug-likeness (QED) is 0.801. The Morgan fingerprint density at radius 2 is 2.25 bits per heavy atom. The van der Waals surface area contributed by atoms with Gasteiger partial charge in [-0.25, -0.2) is 4.98 Å². The molecule has 1 aromatic heterocycles. The van der Waals surface area contributed by atoms with Crippen LogP contribution >= 0.6 is 11.6 Å². The van der Waals surface area contributed by atoms with E-state index in [1.807, 2.05) is 0 Å². The van der Waals surface area contributed by atoms with Crippen molar-refractivity contribution < 1.29 is 14.3 Å². The minimum atomic E-state index is -0.371. The lowest BCUT2D eigenvalue weighted by Gasteiger charge is -2.03. The number of carbonyl (C=O) groups is 2. The Kier molecular flexibility index (Phi) is 4.72. The number of halogens is 1. The van der Waals surface area contributed by atoms with Crippen LogP contribution in [0.1, 0.15) is 16.9 Å². The van der Waals surface area contributed by atoms with Gasteiger partial charge in [0, 0.05) is 12.7 Å². The molecule has 6 heteroatoms. The summed E-state index contributed by atoms with van der Waals surface area (Å²) in [4.78, 5) is 26.1. The first-order valence-electron chi connectivity index (χ1n) is 4.60. The lowest BCUT2D eigenvalue weighted by Crippen LogP contribution is -2.27. The Morgan fingerprint density at radius 3 is 2.81 bits per heavy atom. The number of aromatic nitrogens is 1. The van der Waals surface area contributed by atoms with E-state index in [0.717, 1.165) is 0 Å². The SMILES string of the molecule is COC(=O)CCNC(=O)c1ccc(Cl)cn1. The number of hydrogen-bond donors (Lipinski definition) is 1. The number of pyridine rings is 1. The largest absolute Gasteiger partial charge is 0.469 e. The summed E-state index contributed by atoms with van der Waals surface area (Å²) in [6.45, 7) is 0.218. The Labute approximate surface area is 97.8 Å². The molecule has 86 valence electrons. The van der Waals surface area contributed by atoms with Crippen LogP contribution in [0.5, 0.6) is 0 Å². The second kappa shape index (κ2) is 6.07. The van der Waals surface area contributed by atoms with Crippen LogP contribution in [0.4, 0.5) is 0 Å². The monoisotopic (exact) mass is 242 g/mol. The van der Waals surface area contributed by atoms with E-state index in [4.69, 9.17) is 11.6 Å². The minimum absolute atomic E-state index is 0.135. The number of nitrogens with one attached hydrogen (secondary N) is 1. The van der Waals surface area contributed by atoms with Crippen molar-refractivity contribution in [1.29, 1.82) is 0 Å². The van der Waals surface area contributed by atoms with E-state index in [9.17, 15) is 9.59 Å². The van der Waals surface area contributed by atoms with Crippen LogP contribution in [-0.4, -0.2) is 30.5 Å². The van der Waals surface area contributed by atoms with Crippen molar-refractivity contribution in [3.63, 3.8) is 0 Å². The lowest BCUT2D eigenvalue weighted by molar-refractivity contribution is -0.140. The molecule has 16 heavy (non-hydrogen) atoms. The number of rotatable bonds is 4. The van der Waals surface area contributed by atoms with Gasteiger partial charge in [0.05, 0.1) is 18.6 Å². The maximum atomic E-state index is 11.5. The summed E-state index contributed by atoms with van der Waals surface area (Å²) in [5.41, 5.74) is 0.259. The molecule has 0 aliphatic rings. The predicted octanol–water partition coefficient (Wildman–Crippen LogP) is 1.03. The number of methoxy groups -OCH3 is 1. The molecule has 0 fully saturated rings. The molecule has 1 amide bonds. The number of hydrogen-bond acceptors (Lipinski definition) is 4. The van der Waals surface area contributed by atoms with Gasteiger partial charge >= 0.3 is 5.97 Å². The van der Waals surface area contributed by atoms with Crippen molar-refractivity contribution >= 4 is 23.5 Å². The van der Waals surface area contributed by atoms with Crippen LogP contribution in [0.2, 0.25) is 5.02 Å². The summed E-state index contributed by atoms with van der Waals surface area (Å²) >= 11 is 5.63. The number of amides is 1. The molecule has 0 aliphatic heterocycles. The van der Waals surface area contributed by atoms with Gasteiger partial charge < -0.3 is 10.1 Å². The van der Waals surface area contributed by atoms with Gasteiger partial charge in [-0.2, -0.15) is 0 Å². The lowest BCUT2D eigenvalue weighted by atomic mass is 10.3. The fraction of sp³-hybridized carbons (Fsp3) is 0.300. The highest BCUT2D eigenvalue weighted by Gasteiger charge is 2.07. The van der Waals surface area contributed by atoms with Crippen LogP contribution in [0.15, 0.2) is 18.3 Å². The Morgan fingerprint density at radius 1 is 1.50 bits per heavy atom. The predicted molar refractivity (Wildman–Crippen MR) is 58.2 cm³/mol. The summed E-state index contributed by atoms with van der Waals surface area (Å²) in [6.07, 6.45) is 1.52. The fourth-order valence-corrected chi connectivity index (χ4v) is 1.09. The smallest absolute Gasteiger partial charge is 0.307 e. The molecule has 0 atom stereocenters. The summed E-state index contributed by atoms with van der Waals surface area (Å²) < 4.78 is 4.43. The topological polar surface area (TPSA) is 68.3 Å². The molecule has 1 N–H and O–H groups in total. The highest BCUT2D eigenvalue weighted by molar-refractivity contribution is 6.30. The highest BCUT2D eigenvalue weighted by Crippen LogP contribution is 2.05. The molecular weight excluding hydrogens is 232 g/mol. The van der Waals surface area contributed by atoms with Gasteiger partial charge in [-0.3, -0.25) is 9.59 Å². The maximum Gasteiger partial charge on any atom is 0.307 e. The summed E-state index contributed by atoms with van der Waals surface area (Å²) in [5, 5.41) is 3.00. The van der Waals surface area contributed by atoms with Crippen molar-refractivity contribution in [2.24, 2.45) is 0 Å². The average Bonchev–Trinajstić information content (AvgIpc) is 2.29. The van der Waals surface area contributed by atoms with Gasteiger partial charge in [0.25, 0.3) is 5.91 Å². The van der Waals surface area contributed by atoms with E-state index in [-0.39, 0.29) is 30.5 Å². The van der Waals surface area contributed by atoms with E-state index in [0.29, 0.717) is 5.02 Å². The average molecular weight is 243 g/mol. The van der Waals surface area contributed by atoms with Crippen molar-refractivity contribution in [3.05, 3.63) is 29.0 Å². The van der Waals surface area contributed by atoms with Gasteiger partial charge in [0.2, 0.25) is 0 Å². The molecule has 0 radical (unpaired) electrons. The van der Waals surface area contributed by atoms with Crippen molar-refractivity contribution in [3.8, 4) is 0 Å². The molecule has 0 saturated carbocycles. The molecule has 0 unspecified atom stereocenters. The third-order valence-electron chi connectivity index (χ3n) is 1.80. The van der Waals surface area contributed by atoms with Gasteiger partial charge in [0.1, 0.15) is 5.69 Å². The molecule has 1 rings (SSSR count). The molecule has 5 nitrogen and oxygen atoms in total. The zero-order valence-electron chi connectivity index (χ0n) is 8.70. The zero-order chi connectivity index (χ0) is 12.0. The summed E-state index contributed by atoms with van der Waals surface area (Å²) in [5.74, 6) is -0.718. The molecule has 0 aliphatic carbocycles. The number of esters is 1. The number of nitrogens with zero attached hydrogens (tertiary/aromatic N) is 1. The van der Waals surface area contributed by atoms with Crippen molar-refractivity contribution in [2.75, 3.05) is 13.7 Å². The van der Waals surface area contributed by atoms with E-state index < -0.39 is 0 Å². The maximum absolute atomic E-state index is 11.5. The Balaban J connectivity index is 2.41. The third kappa shape index (κ3) is 3.86. The van der Waals surface area contributed by atoms with Crippen molar-refractivity contribution in [1.82, 2.24) is 10.3 Å². The molecule has 0 aromatic carbocycles. The first kappa shape index (κ1) is 12.4. The Bertz CT molecular complexity index is 378. The van der Waals surface area contributed by atoms with Crippen LogP contribution < -0.4 is 5.32 Å². The minimum Gasteiger partial charge on any atom is -0.469 e. The first-order valence-corrected chi connectivity index (χ1v) is 4.98. The van der Waals surface area contributed by atoms with Gasteiger partial charge in [-0.1, -0.05) is 11.6 Å². The summed E-state index contributed by atoms with van der Waals surface area (Å²) in [7, 11) is 1.30. The van der Waals surface area contributed by atoms with Crippen molar-refractivity contribution in [2.45, 2.75) is 6.42 Å². The number of carbonyl (C=O) groups excluding carboxylic acids is 2. The van der Waals surface area contributed by atoms with Crippen LogP contribution in [0.3, 0.4) is 0 Å². The number of ether oxygens (including phenoxy) is 1. The fourth-order valence-electron chi connectivity index (χ4n) is 0.981. The van der Waals surface area contributed by atoms with Crippen LogP contribution in [0, 0.1) is 0 Å². The third-order valence-corrected chi connectivity index (χ3v) is 2.03. The second-order valence-corrected chi connectivity index (χ2v) is 3.38. The van der Waals surface area contributed by atoms with Gasteiger partial charge in [-0.15, -0.1) is 0 Å². The van der Waals surface area contributed by atoms with Crippen LogP contribution in [0.25, 0.3) is 0 Å². The second-order valence-electron chi connectivity index (χ2n) is 2.94. The highest BCUT2D eigenvalue weighted by atomic mass is 35.5. The molecule has 1 heterocycles. The summed E-state index contributed by atoms with van der Waals surface area (Å²) in [6, 6.07) is 3.08. The van der Waals surface area contributed by atoms with Gasteiger partial charge in [-0.05, 0) is 12.1 Å². The van der Waals surface area contributed by atoms with E-state index >= 15 is 0 Å².